The van der Waals surface area contributed by atoms with E-state index in [9.17, 15) is 0 Å². The Kier molecular flexibility index (Phi) is 4.69. The second kappa shape index (κ2) is 6.05. The molecular formula is C15H29N. The monoisotopic (exact) mass is 223 g/mol. The van der Waals surface area contributed by atoms with Crippen molar-refractivity contribution in [3.05, 3.63) is 0 Å². The highest BCUT2D eigenvalue weighted by Crippen LogP contribution is 2.40. The Hall–Kier alpha value is -0.0400. The van der Waals surface area contributed by atoms with Gasteiger partial charge in [-0.2, -0.15) is 0 Å². The summed E-state index contributed by atoms with van der Waals surface area (Å²) < 4.78 is 0. The van der Waals surface area contributed by atoms with Crippen LogP contribution >= 0.6 is 0 Å². The first-order valence-electron chi connectivity index (χ1n) is 7.64. The Balaban J connectivity index is 1.71. The minimum absolute atomic E-state index is 0.934. The van der Waals surface area contributed by atoms with Gasteiger partial charge in [-0.3, -0.25) is 4.90 Å². The lowest BCUT2D eigenvalue weighted by atomic mass is 9.79. The lowest BCUT2D eigenvalue weighted by Gasteiger charge is -2.56. The van der Waals surface area contributed by atoms with Gasteiger partial charge in [-0.25, -0.2) is 0 Å². The number of fused-ring (bicyclic) bond motifs is 1. The third-order valence-corrected chi connectivity index (χ3v) is 4.75. The first-order valence-corrected chi connectivity index (χ1v) is 7.64. The molecule has 2 rings (SSSR count). The van der Waals surface area contributed by atoms with Crippen LogP contribution in [0.2, 0.25) is 0 Å². The summed E-state index contributed by atoms with van der Waals surface area (Å²) in [7, 11) is 0. The van der Waals surface area contributed by atoms with Gasteiger partial charge in [0, 0.05) is 18.1 Å². The first kappa shape index (κ1) is 12.4. The van der Waals surface area contributed by atoms with Crippen molar-refractivity contribution in [2.75, 3.05) is 0 Å². The van der Waals surface area contributed by atoms with Crippen molar-refractivity contribution in [3.63, 3.8) is 0 Å². The molecule has 1 nitrogen and oxygen atoms in total. The number of rotatable bonds is 6. The third kappa shape index (κ3) is 2.61. The van der Waals surface area contributed by atoms with Gasteiger partial charge in [-0.1, -0.05) is 46.0 Å². The van der Waals surface area contributed by atoms with Crippen LogP contribution in [-0.4, -0.2) is 23.0 Å². The molecule has 0 aromatic carbocycles. The zero-order valence-electron chi connectivity index (χ0n) is 11.3. The van der Waals surface area contributed by atoms with E-state index >= 15 is 0 Å². The van der Waals surface area contributed by atoms with Gasteiger partial charge in [0.2, 0.25) is 0 Å². The van der Waals surface area contributed by atoms with Crippen LogP contribution in [-0.2, 0) is 0 Å². The second-order valence-electron chi connectivity index (χ2n) is 5.83. The highest BCUT2D eigenvalue weighted by atomic mass is 15.3. The van der Waals surface area contributed by atoms with E-state index in [0.29, 0.717) is 0 Å². The predicted octanol–water partition coefficient (Wildman–Crippen LogP) is 4.36. The molecule has 2 heterocycles. The molecule has 0 aromatic heterocycles. The summed E-state index contributed by atoms with van der Waals surface area (Å²) in [5.74, 6) is 0. The van der Waals surface area contributed by atoms with Crippen LogP contribution in [0.1, 0.15) is 78.1 Å². The molecule has 3 unspecified atom stereocenters. The molecule has 2 aliphatic rings. The summed E-state index contributed by atoms with van der Waals surface area (Å²) in [4.78, 5) is 2.88. The third-order valence-electron chi connectivity index (χ3n) is 4.75. The summed E-state index contributed by atoms with van der Waals surface area (Å²) in [6.07, 6.45) is 14.6. The van der Waals surface area contributed by atoms with Crippen LogP contribution < -0.4 is 0 Å². The molecule has 0 spiro atoms. The first-order chi connectivity index (χ1) is 7.86. The maximum absolute atomic E-state index is 2.88. The highest BCUT2D eigenvalue weighted by Gasteiger charge is 2.42. The maximum Gasteiger partial charge on any atom is 0.0116 e. The molecular weight excluding hydrogens is 194 g/mol. The largest absolute Gasteiger partial charge is 0.294 e. The fourth-order valence-electron chi connectivity index (χ4n) is 3.81. The van der Waals surface area contributed by atoms with E-state index in [-0.39, 0.29) is 0 Å². The van der Waals surface area contributed by atoms with E-state index in [4.69, 9.17) is 0 Å². The van der Waals surface area contributed by atoms with Gasteiger partial charge in [0.15, 0.2) is 0 Å². The van der Waals surface area contributed by atoms with Crippen LogP contribution in [0.5, 0.6) is 0 Å². The number of hydrogen-bond acceptors (Lipinski definition) is 1. The fraction of sp³-hybridized carbons (Fsp3) is 1.00. The molecule has 3 atom stereocenters. The summed E-state index contributed by atoms with van der Waals surface area (Å²) in [6, 6.07) is 2.88. The topological polar surface area (TPSA) is 3.24 Å². The van der Waals surface area contributed by atoms with Crippen LogP contribution in [0.3, 0.4) is 0 Å². The van der Waals surface area contributed by atoms with Gasteiger partial charge < -0.3 is 0 Å². The summed E-state index contributed by atoms with van der Waals surface area (Å²) in [6.45, 7) is 4.68. The normalized spacial score (nSPS) is 34.5. The second-order valence-corrected chi connectivity index (χ2v) is 5.83. The van der Waals surface area contributed by atoms with Crippen molar-refractivity contribution < 1.29 is 0 Å². The van der Waals surface area contributed by atoms with Crippen LogP contribution in [0, 0.1) is 0 Å². The molecule has 0 bridgehead atoms. The molecule has 0 aliphatic carbocycles. The average Bonchev–Trinajstić information content (AvgIpc) is 2.28. The molecule has 0 aromatic rings. The maximum atomic E-state index is 2.88. The quantitative estimate of drug-likeness (QED) is 0.605. The van der Waals surface area contributed by atoms with Crippen molar-refractivity contribution in [3.8, 4) is 0 Å². The average molecular weight is 223 g/mol. The van der Waals surface area contributed by atoms with Crippen molar-refractivity contribution in [2.24, 2.45) is 0 Å². The molecule has 2 fully saturated rings. The fourth-order valence-corrected chi connectivity index (χ4v) is 3.81. The zero-order valence-corrected chi connectivity index (χ0v) is 11.3. The van der Waals surface area contributed by atoms with E-state index in [1.165, 1.54) is 64.2 Å². The molecule has 16 heavy (non-hydrogen) atoms. The van der Waals surface area contributed by atoms with Gasteiger partial charge in [0.25, 0.3) is 0 Å². The van der Waals surface area contributed by atoms with Crippen molar-refractivity contribution in [1.82, 2.24) is 4.90 Å². The highest BCUT2D eigenvalue weighted by molar-refractivity contribution is 4.98. The van der Waals surface area contributed by atoms with E-state index in [2.05, 4.69) is 18.7 Å². The van der Waals surface area contributed by atoms with Gasteiger partial charge >= 0.3 is 0 Å². The van der Waals surface area contributed by atoms with Crippen LogP contribution in [0.15, 0.2) is 0 Å². The van der Waals surface area contributed by atoms with E-state index in [0.717, 1.165) is 18.1 Å². The van der Waals surface area contributed by atoms with Crippen LogP contribution in [0.4, 0.5) is 0 Å². The lowest BCUT2D eigenvalue weighted by molar-refractivity contribution is -0.0611. The minimum Gasteiger partial charge on any atom is -0.294 e. The number of unbranched alkanes of at least 4 members (excludes halogenated alkanes) is 3. The van der Waals surface area contributed by atoms with Gasteiger partial charge in [0.05, 0.1) is 0 Å². The van der Waals surface area contributed by atoms with Crippen molar-refractivity contribution >= 4 is 0 Å². The van der Waals surface area contributed by atoms with Gasteiger partial charge in [-0.05, 0) is 32.1 Å². The van der Waals surface area contributed by atoms with Crippen LogP contribution in [0.25, 0.3) is 0 Å². The molecule has 0 radical (unpaired) electrons. The molecule has 0 amide bonds. The van der Waals surface area contributed by atoms with Crippen molar-refractivity contribution in [1.29, 1.82) is 0 Å². The lowest BCUT2D eigenvalue weighted by Crippen LogP contribution is -2.61. The van der Waals surface area contributed by atoms with E-state index < -0.39 is 0 Å². The zero-order chi connectivity index (χ0) is 11.4. The van der Waals surface area contributed by atoms with E-state index in [1.807, 2.05) is 0 Å². The number of piperidine rings is 1. The number of hydrogen-bond donors (Lipinski definition) is 0. The van der Waals surface area contributed by atoms with Gasteiger partial charge in [0.1, 0.15) is 0 Å². The molecule has 0 saturated carbocycles. The smallest absolute Gasteiger partial charge is 0.0116 e. The molecule has 94 valence electrons. The Morgan fingerprint density at radius 3 is 2.62 bits per heavy atom. The SMILES string of the molecule is CCCCCCC1CC2CCCC(CC)N12. The van der Waals surface area contributed by atoms with Crippen molar-refractivity contribution in [2.45, 2.75) is 96.2 Å². The summed E-state index contributed by atoms with van der Waals surface area (Å²) >= 11 is 0. The molecule has 0 N–H and O–H groups in total. The van der Waals surface area contributed by atoms with Gasteiger partial charge in [-0.15, -0.1) is 0 Å². The predicted molar refractivity (Wildman–Crippen MR) is 70.7 cm³/mol. The molecule has 1 heteroatoms. The Bertz CT molecular complexity index is 202. The minimum atomic E-state index is 0.934. The standard InChI is InChI=1S/C15H29N/c1-3-5-6-7-9-14-12-15-11-8-10-13(4-2)16(14)15/h13-15H,3-12H2,1-2H3. The Labute approximate surface area is 102 Å². The molecule has 2 saturated heterocycles. The Morgan fingerprint density at radius 2 is 1.88 bits per heavy atom. The summed E-state index contributed by atoms with van der Waals surface area (Å²) in [5, 5.41) is 0. The Morgan fingerprint density at radius 1 is 1.00 bits per heavy atom. The van der Waals surface area contributed by atoms with E-state index in [1.54, 1.807) is 0 Å². The molecule has 2 aliphatic heterocycles. The number of nitrogens with zero attached hydrogens (tertiary/aromatic N) is 1. The summed E-state index contributed by atoms with van der Waals surface area (Å²) in [5.41, 5.74) is 0.